The maximum Gasteiger partial charge on any atom is 0.324 e. The molecule has 1 N–H and O–H groups in total. The van der Waals surface area contributed by atoms with Gasteiger partial charge in [-0.05, 0) is 54.8 Å². The summed E-state index contributed by atoms with van der Waals surface area (Å²) < 4.78 is 38.9. The van der Waals surface area contributed by atoms with Gasteiger partial charge in [0.25, 0.3) is 5.91 Å². The van der Waals surface area contributed by atoms with E-state index in [9.17, 15) is 18.0 Å². The molecule has 200 valence electrons. The second-order valence-corrected chi connectivity index (χ2v) is 11.4. The molecule has 1 aliphatic heterocycles. The summed E-state index contributed by atoms with van der Waals surface area (Å²) in [4.78, 5) is 26.1. The van der Waals surface area contributed by atoms with Crippen LogP contribution in [-0.2, 0) is 24.3 Å². The van der Waals surface area contributed by atoms with E-state index in [0.29, 0.717) is 22.9 Å². The van der Waals surface area contributed by atoms with Crippen LogP contribution in [0.5, 0.6) is 0 Å². The SMILES string of the molecule is Cc1ccc(S(=O)(=O)NC(C(=O)OCC(=O)N2N=C(c3ccc(Cl)cc3)CC2c2ccco2)C(C)C)cc1. The molecule has 0 fully saturated rings. The zero-order chi connectivity index (χ0) is 27.4. The first-order valence-electron chi connectivity index (χ1n) is 12.0. The predicted molar refractivity (Wildman–Crippen MR) is 142 cm³/mol. The second-order valence-electron chi connectivity index (χ2n) is 9.29. The van der Waals surface area contributed by atoms with Crippen molar-refractivity contribution in [2.75, 3.05) is 6.61 Å². The summed E-state index contributed by atoms with van der Waals surface area (Å²) in [7, 11) is -3.99. The molecule has 2 heterocycles. The molecule has 9 nitrogen and oxygen atoms in total. The van der Waals surface area contributed by atoms with Crippen LogP contribution >= 0.6 is 11.6 Å². The van der Waals surface area contributed by atoms with Crippen molar-refractivity contribution in [1.82, 2.24) is 9.73 Å². The summed E-state index contributed by atoms with van der Waals surface area (Å²) in [5.41, 5.74) is 2.34. The number of halogens is 1. The second kappa shape index (κ2) is 11.5. The van der Waals surface area contributed by atoms with Crippen molar-refractivity contribution < 1.29 is 27.2 Å². The number of nitrogens with one attached hydrogen (secondary N) is 1. The molecule has 0 bridgehead atoms. The van der Waals surface area contributed by atoms with Crippen molar-refractivity contribution in [2.24, 2.45) is 11.0 Å². The van der Waals surface area contributed by atoms with E-state index in [1.165, 1.54) is 23.4 Å². The lowest BCUT2D eigenvalue weighted by Crippen LogP contribution is -2.46. The lowest BCUT2D eigenvalue weighted by molar-refractivity contribution is -0.155. The zero-order valence-electron chi connectivity index (χ0n) is 21.1. The smallest absolute Gasteiger partial charge is 0.324 e. The van der Waals surface area contributed by atoms with Crippen molar-refractivity contribution in [1.29, 1.82) is 0 Å². The van der Waals surface area contributed by atoms with Crippen LogP contribution in [0.1, 0.15) is 43.2 Å². The summed E-state index contributed by atoms with van der Waals surface area (Å²) in [6.07, 6.45) is 1.89. The number of carbonyl (C=O) groups is 2. The summed E-state index contributed by atoms with van der Waals surface area (Å²) in [5, 5.41) is 6.29. The molecule has 2 aromatic carbocycles. The number of hydrogen-bond acceptors (Lipinski definition) is 7. The highest BCUT2D eigenvalue weighted by Crippen LogP contribution is 2.33. The molecule has 4 rings (SSSR count). The third kappa shape index (κ3) is 6.32. The molecular formula is C27H28ClN3O6S. The minimum Gasteiger partial charge on any atom is -0.467 e. The van der Waals surface area contributed by atoms with Crippen molar-refractivity contribution >= 4 is 39.2 Å². The van der Waals surface area contributed by atoms with Gasteiger partial charge in [-0.2, -0.15) is 9.82 Å². The van der Waals surface area contributed by atoms with Crippen molar-refractivity contribution in [2.45, 2.75) is 44.2 Å². The van der Waals surface area contributed by atoms with Gasteiger partial charge in [0.1, 0.15) is 17.8 Å². The Hall–Kier alpha value is -3.47. The first-order valence-corrected chi connectivity index (χ1v) is 13.9. The molecule has 11 heteroatoms. The fourth-order valence-electron chi connectivity index (χ4n) is 3.96. The number of ether oxygens (including phenoxy) is 1. The van der Waals surface area contributed by atoms with E-state index in [-0.39, 0.29) is 4.90 Å². The molecule has 0 radical (unpaired) electrons. The maximum absolute atomic E-state index is 13.2. The first kappa shape index (κ1) is 27.6. The van der Waals surface area contributed by atoms with Crippen LogP contribution in [0.15, 0.2) is 81.3 Å². The Morgan fingerprint density at radius 2 is 1.82 bits per heavy atom. The normalized spacial score (nSPS) is 16.4. The lowest BCUT2D eigenvalue weighted by Gasteiger charge is -2.22. The van der Waals surface area contributed by atoms with Gasteiger partial charge in [0, 0.05) is 11.4 Å². The van der Waals surface area contributed by atoms with Crippen LogP contribution in [0.2, 0.25) is 5.02 Å². The number of amides is 1. The van der Waals surface area contributed by atoms with E-state index in [1.54, 1.807) is 50.2 Å². The standard InChI is InChI=1S/C27H28ClN3O6S/c1-17(2)26(30-38(34,35)21-12-6-18(3)7-13-21)27(33)37-16-25(32)31-23(24-5-4-14-36-24)15-22(29-31)19-8-10-20(28)11-9-19/h4-14,17,23,26,30H,15-16H2,1-3H3. The molecule has 2 unspecified atom stereocenters. The minimum atomic E-state index is -3.99. The van der Waals surface area contributed by atoms with Gasteiger partial charge in [-0.3, -0.25) is 9.59 Å². The molecule has 0 aliphatic carbocycles. The van der Waals surface area contributed by atoms with Crippen LogP contribution in [-0.4, -0.2) is 43.7 Å². The number of hydrogen-bond donors (Lipinski definition) is 1. The third-order valence-electron chi connectivity index (χ3n) is 6.09. The summed E-state index contributed by atoms with van der Waals surface area (Å²) in [6, 6.07) is 15.1. The topological polar surface area (TPSA) is 118 Å². The Labute approximate surface area is 226 Å². The number of benzene rings is 2. The monoisotopic (exact) mass is 557 g/mol. The van der Waals surface area contributed by atoms with Gasteiger partial charge in [-0.1, -0.05) is 55.3 Å². The van der Waals surface area contributed by atoms with Crippen LogP contribution in [0.4, 0.5) is 0 Å². The summed E-state index contributed by atoms with van der Waals surface area (Å²) in [5.74, 6) is -1.34. The predicted octanol–water partition coefficient (Wildman–Crippen LogP) is 4.47. The molecule has 2 atom stereocenters. The highest BCUT2D eigenvalue weighted by molar-refractivity contribution is 7.89. The number of sulfonamides is 1. The number of rotatable bonds is 9. The van der Waals surface area contributed by atoms with Crippen molar-refractivity contribution in [3.63, 3.8) is 0 Å². The van der Waals surface area contributed by atoms with Gasteiger partial charge in [-0.15, -0.1) is 0 Å². The number of carbonyl (C=O) groups excluding carboxylic acids is 2. The lowest BCUT2D eigenvalue weighted by atomic mass is 10.0. The Balaban J connectivity index is 1.47. The van der Waals surface area contributed by atoms with E-state index in [2.05, 4.69) is 9.82 Å². The van der Waals surface area contributed by atoms with Gasteiger partial charge in [0.2, 0.25) is 10.0 Å². The quantitative estimate of drug-likeness (QED) is 0.388. The molecular weight excluding hydrogens is 530 g/mol. The molecule has 0 saturated heterocycles. The van der Waals surface area contributed by atoms with E-state index in [1.807, 2.05) is 19.1 Å². The zero-order valence-corrected chi connectivity index (χ0v) is 22.7. The largest absolute Gasteiger partial charge is 0.467 e. The highest BCUT2D eigenvalue weighted by atomic mass is 35.5. The molecule has 0 spiro atoms. The van der Waals surface area contributed by atoms with E-state index < -0.39 is 46.5 Å². The van der Waals surface area contributed by atoms with Crippen LogP contribution < -0.4 is 4.72 Å². The van der Waals surface area contributed by atoms with Crippen molar-refractivity contribution in [3.05, 3.63) is 88.8 Å². The molecule has 1 aliphatic rings. The minimum absolute atomic E-state index is 0.0278. The van der Waals surface area contributed by atoms with Gasteiger partial charge < -0.3 is 9.15 Å². The average molecular weight is 558 g/mol. The average Bonchev–Trinajstić information content (AvgIpc) is 3.57. The highest BCUT2D eigenvalue weighted by Gasteiger charge is 2.36. The van der Waals surface area contributed by atoms with Crippen LogP contribution in [0.25, 0.3) is 0 Å². The number of furan rings is 1. The Kier molecular flexibility index (Phi) is 8.35. The summed E-state index contributed by atoms with van der Waals surface area (Å²) in [6.45, 7) is 4.58. The Morgan fingerprint density at radius 3 is 2.42 bits per heavy atom. The van der Waals surface area contributed by atoms with E-state index in [0.717, 1.165) is 11.1 Å². The Bertz CT molecular complexity index is 1420. The maximum atomic E-state index is 13.2. The van der Waals surface area contributed by atoms with E-state index in [4.69, 9.17) is 20.8 Å². The number of hydrazone groups is 1. The first-order chi connectivity index (χ1) is 18.0. The fourth-order valence-corrected chi connectivity index (χ4v) is 5.42. The fraction of sp³-hybridized carbons (Fsp3) is 0.296. The third-order valence-corrected chi connectivity index (χ3v) is 7.80. The molecule has 1 amide bonds. The van der Waals surface area contributed by atoms with Crippen molar-refractivity contribution in [3.8, 4) is 0 Å². The summed E-state index contributed by atoms with van der Waals surface area (Å²) >= 11 is 6.00. The van der Waals surface area contributed by atoms with Gasteiger partial charge >= 0.3 is 5.97 Å². The van der Waals surface area contributed by atoms with Gasteiger partial charge in [0.05, 0.1) is 16.9 Å². The van der Waals surface area contributed by atoms with Crippen LogP contribution in [0.3, 0.4) is 0 Å². The molecule has 1 aromatic heterocycles. The van der Waals surface area contributed by atoms with Gasteiger partial charge in [-0.25, -0.2) is 13.4 Å². The Morgan fingerprint density at radius 1 is 1.13 bits per heavy atom. The number of aryl methyl sites for hydroxylation is 1. The number of nitrogens with zero attached hydrogens (tertiary/aromatic N) is 2. The molecule has 0 saturated carbocycles. The van der Waals surface area contributed by atoms with E-state index >= 15 is 0 Å². The molecule has 3 aromatic rings. The van der Waals surface area contributed by atoms with Crippen LogP contribution in [0, 0.1) is 12.8 Å². The van der Waals surface area contributed by atoms with Gasteiger partial charge in [0.15, 0.2) is 6.61 Å². The molecule has 38 heavy (non-hydrogen) atoms. The number of esters is 1.